The number of hydrogen-bond acceptors (Lipinski definition) is 4. The van der Waals surface area contributed by atoms with Gasteiger partial charge in [0, 0.05) is 30.4 Å². The molecular weight excluding hydrogens is 238 g/mol. The lowest BCUT2D eigenvalue weighted by molar-refractivity contribution is 0.282. The van der Waals surface area contributed by atoms with Crippen LogP contribution in [0.1, 0.15) is 42.5 Å². The number of aromatic nitrogens is 1. The molecule has 4 nitrogen and oxygen atoms in total. The summed E-state index contributed by atoms with van der Waals surface area (Å²) in [6, 6.07) is 2.79. The van der Waals surface area contributed by atoms with Crippen LogP contribution in [0.3, 0.4) is 0 Å². The van der Waals surface area contributed by atoms with Crippen LogP contribution < -0.4 is 10.6 Å². The molecule has 0 amide bonds. The van der Waals surface area contributed by atoms with Gasteiger partial charge in [-0.1, -0.05) is 0 Å². The van der Waals surface area contributed by atoms with E-state index < -0.39 is 0 Å². The summed E-state index contributed by atoms with van der Waals surface area (Å²) >= 11 is 0. The number of aryl methyl sites for hydroxylation is 2. The molecule has 0 radical (unpaired) electrons. The quantitative estimate of drug-likeness (QED) is 0.840. The number of aliphatic hydroxyl groups is 1. The van der Waals surface area contributed by atoms with E-state index >= 15 is 0 Å². The topological polar surface area (TPSA) is 62.4 Å². The first-order valence-electron chi connectivity index (χ1n) is 7.42. The van der Waals surface area contributed by atoms with Gasteiger partial charge in [-0.15, -0.1) is 0 Å². The molecular formula is C15H23N3O. The van der Waals surface area contributed by atoms with E-state index in [1.165, 1.54) is 36.9 Å². The van der Waals surface area contributed by atoms with Gasteiger partial charge in [0.15, 0.2) is 0 Å². The summed E-state index contributed by atoms with van der Waals surface area (Å²) in [7, 11) is 0. The lowest BCUT2D eigenvalue weighted by Crippen LogP contribution is -2.43. The number of anilines is 1. The Morgan fingerprint density at radius 2 is 2.16 bits per heavy atom. The zero-order valence-electron chi connectivity index (χ0n) is 11.4. The molecule has 4 heteroatoms. The number of aliphatic hydroxyl groups excluding tert-OH is 1. The van der Waals surface area contributed by atoms with Crippen molar-refractivity contribution in [2.24, 2.45) is 5.73 Å². The highest BCUT2D eigenvalue weighted by atomic mass is 16.3. The Morgan fingerprint density at radius 3 is 2.79 bits per heavy atom. The van der Waals surface area contributed by atoms with Crippen molar-refractivity contribution in [1.82, 2.24) is 4.98 Å². The number of nitrogens with zero attached hydrogens (tertiary/aromatic N) is 2. The molecule has 104 valence electrons. The molecule has 3 N–H and O–H groups in total. The first-order valence-corrected chi connectivity index (χ1v) is 7.42. The summed E-state index contributed by atoms with van der Waals surface area (Å²) in [5, 5.41) is 9.32. The number of hydrogen-bond donors (Lipinski definition) is 2. The van der Waals surface area contributed by atoms with Gasteiger partial charge in [0.2, 0.25) is 0 Å². The number of fused-ring (bicyclic) bond motifs is 1. The molecule has 0 aromatic carbocycles. The van der Waals surface area contributed by atoms with Crippen LogP contribution in [-0.4, -0.2) is 29.3 Å². The van der Waals surface area contributed by atoms with Crippen LogP contribution >= 0.6 is 0 Å². The van der Waals surface area contributed by atoms with Gasteiger partial charge in [-0.25, -0.2) is 4.98 Å². The highest BCUT2D eigenvalue weighted by Crippen LogP contribution is 2.33. The van der Waals surface area contributed by atoms with Crippen molar-refractivity contribution in [3.8, 4) is 0 Å². The zero-order chi connectivity index (χ0) is 13.2. The second-order valence-electron chi connectivity index (χ2n) is 5.64. The molecule has 0 spiro atoms. The van der Waals surface area contributed by atoms with Crippen LogP contribution in [0.4, 0.5) is 5.82 Å². The molecule has 19 heavy (non-hydrogen) atoms. The van der Waals surface area contributed by atoms with Gasteiger partial charge in [0.1, 0.15) is 5.82 Å². The average Bonchev–Trinajstić information content (AvgIpc) is 2.81. The third kappa shape index (κ3) is 2.35. The van der Waals surface area contributed by atoms with E-state index in [1.807, 2.05) is 0 Å². The molecule has 1 aromatic heterocycles. The minimum atomic E-state index is 0.180. The van der Waals surface area contributed by atoms with Crippen LogP contribution in [-0.2, 0) is 19.4 Å². The van der Waals surface area contributed by atoms with Crippen LogP contribution in [0.5, 0.6) is 0 Å². The van der Waals surface area contributed by atoms with E-state index in [1.54, 1.807) is 0 Å². The van der Waals surface area contributed by atoms with E-state index in [2.05, 4.69) is 11.0 Å². The number of rotatable bonds is 5. The standard InChI is InChI=1S/C15H23N3O/c16-10-12-9-11-3-1-6-14(11)17-15(12)18(7-8-19)13-4-2-5-13/h9,13,19H,1-8,10,16H2. The molecule has 0 saturated heterocycles. The minimum Gasteiger partial charge on any atom is -0.395 e. The van der Waals surface area contributed by atoms with Gasteiger partial charge in [-0.3, -0.25) is 0 Å². The second-order valence-corrected chi connectivity index (χ2v) is 5.64. The average molecular weight is 261 g/mol. The maximum absolute atomic E-state index is 9.32. The molecule has 1 aromatic rings. The maximum Gasteiger partial charge on any atom is 0.133 e. The van der Waals surface area contributed by atoms with E-state index in [-0.39, 0.29) is 6.61 Å². The van der Waals surface area contributed by atoms with Crippen molar-refractivity contribution < 1.29 is 5.11 Å². The van der Waals surface area contributed by atoms with Crippen LogP contribution in [0.2, 0.25) is 0 Å². The Bertz CT molecular complexity index is 457. The number of nitrogens with two attached hydrogens (primary N) is 1. The molecule has 3 rings (SSSR count). The normalized spacial score (nSPS) is 18.2. The largest absolute Gasteiger partial charge is 0.395 e. The fraction of sp³-hybridized carbons (Fsp3) is 0.667. The summed E-state index contributed by atoms with van der Waals surface area (Å²) in [6.07, 6.45) is 7.14. The fourth-order valence-electron chi connectivity index (χ4n) is 3.18. The Labute approximate surface area is 114 Å². The first kappa shape index (κ1) is 12.9. The van der Waals surface area contributed by atoms with Gasteiger partial charge >= 0.3 is 0 Å². The SMILES string of the molecule is NCc1cc2c(nc1N(CCO)C1CCC1)CCC2. The first-order chi connectivity index (χ1) is 9.33. The Kier molecular flexibility index (Phi) is 3.71. The Morgan fingerprint density at radius 1 is 1.32 bits per heavy atom. The third-order valence-corrected chi connectivity index (χ3v) is 4.46. The zero-order valence-corrected chi connectivity index (χ0v) is 11.4. The van der Waals surface area contributed by atoms with Gasteiger partial charge in [0.05, 0.1) is 6.61 Å². The second kappa shape index (κ2) is 5.47. The van der Waals surface area contributed by atoms with E-state index in [4.69, 9.17) is 10.7 Å². The molecule has 0 unspecified atom stereocenters. The molecule has 0 bridgehead atoms. The van der Waals surface area contributed by atoms with E-state index in [0.717, 1.165) is 24.2 Å². The lowest BCUT2D eigenvalue weighted by Gasteiger charge is -2.39. The lowest BCUT2D eigenvalue weighted by atomic mass is 9.91. The van der Waals surface area contributed by atoms with Crippen LogP contribution in [0, 0.1) is 0 Å². The summed E-state index contributed by atoms with van der Waals surface area (Å²) in [5.74, 6) is 1.03. The van der Waals surface area contributed by atoms with Gasteiger partial charge in [0.25, 0.3) is 0 Å². The molecule has 1 saturated carbocycles. The van der Waals surface area contributed by atoms with Gasteiger partial charge < -0.3 is 15.7 Å². The van der Waals surface area contributed by atoms with E-state index in [0.29, 0.717) is 19.1 Å². The van der Waals surface area contributed by atoms with Crippen molar-refractivity contribution in [3.63, 3.8) is 0 Å². The molecule has 0 aliphatic heterocycles. The van der Waals surface area contributed by atoms with Crippen molar-refractivity contribution in [2.75, 3.05) is 18.1 Å². The van der Waals surface area contributed by atoms with Crippen molar-refractivity contribution >= 4 is 5.82 Å². The summed E-state index contributed by atoms with van der Waals surface area (Å²) in [5.41, 5.74) is 9.67. The van der Waals surface area contributed by atoms with Crippen LogP contribution in [0.15, 0.2) is 6.07 Å². The van der Waals surface area contributed by atoms with Gasteiger partial charge in [-0.05, 0) is 50.2 Å². The number of pyridine rings is 1. The van der Waals surface area contributed by atoms with Crippen molar-refractivity contribution in [3.05, 3.63) is 22.9 Å². The third-order valence-electron chi connectivity index (χ3n) is 4.46. The molecule has 1 heterocycles. The van der Waals surface area contributed by atoms with E-state index in [9.17, 15) is 5.11 Å². The summed E-state index contributed by atoms with van der Waals surface area (Å²) in [4.78, 5) is 7.16. The minimum absolute atomic E-state index is 0.180. The summed E-state index contributed by atoms with van der Waals surface area (Å²) < 4.78 is 0. The Balaban J connectivity index is 1.96. The monoisotopic (exact) mass is 261 g/mol. The van der Waals surface area contributed by atoms with Gasteiger partial charge in [-0.2, -0.15) is 0 Å². The molecule has 2 aliphatic carbocycles. The predicted molar refractivity (Wildman–Crippen MR) is 76.2 cm³/mol. The highest BCUT2D eigenvalue weighted by molar-refractivity contribution is 5.52. The summed E-state index contributed by atoms with van der Waals surface area (Å²) in [6.45, 7) is 1.38. The smallest absolute Gasteiger partial charge is 0.133 e. The molecule has 0 atom stereocenters. The Hall–Kier alpha value is -1.13. The predicted octanol–water partition coefficient (Wildman–Crippen LogP) is 1.38. The molecule has 1 fully saturated rings. The fourth-order valence-corrected chi connectivity index (χ4v) is 3.18. The molecule has 2 aliphatic rings. The van der Waals surface area contributed by atoms with Crippen molar-refractivity contribution in [1.29, 1.82) is 0 Å². The van der Waals surface area contributed by atoms with Crippen molar-refractivity contribution in [2.45, 2.75) is 51.1 Å². The maximum atomic E-state index is 9.32. The van der Waals surface area contributed by atoms with Crippen LogP contribution in [0.25, 0.3) is 0 Å². The highest BCUT2D eigenvalue weighted by Gasteiger charge is 2.28.